The maximum Gasteiger partial charge on any atom is 0.335 e. The zero-order valence-electron chi connectivity index (χ0n) is 11.1. The molecule has 5 heteroatoms. The first-order valence-corrected chi connectivity index (χ1v) is 6.37. The fraction of sp³-hybridized carbons (Fsp3) is 0.429. The van der Waals surface area contributed by atoms with Crippen molar-refractivity contribution in [1.82, 2.24) is 5.32 Å². The second-order valence-corrected chi connectivity index (χ2v) is 4.96. The van der Waals surface area contributed by atoms with Crippen molar-refractivity contribution in [3.05, 3.63) is 29.3 Å². The van der Waals surface area contributed by atoms with Crippen LogP contribution in [0.4, 0.5) is 5.69 Å². The average Bonchev–Trinajstić information content (AvgIpc) is 2.78. The molecule has 1 heterocycles. The summed E-state index contributed by atoms with van der Waals surface area (Å²) in [5.74, 6) is -1.11. The first-order chi connectivity index (χ1) is 8.99. The van der Waals surface area contributed by atoms with E-state index < -0.39 is 5.97 Å². The van der Waals surface area contributed by atoms with Gasteiger partial charge >= 0.3 is 5.97 Å². The van der Waals surface area contributed by atoms with Gasteiger partial charge in [0, 0.05) is 11.7 Å². The van der Waals surface area contributed by atoms with Crippen molar-refractivity contribution >= 4 is 17.6 Å². The molecule has 1 fully saturated rings. The number of amides is 1. The predicted molar refractivity (Wildman–Crippen MR) is 72.3 cm³/mol. The van der Waals surface area contributed by atoms with Crippen LogP contribution in [0.2, 0.25) is 0 Å². The van der Waals surface area contributed by atoms with E-state index in [2.05, 4.69) is 10.6 Å². The Morgan fingerprint density at radius 2 is 2.16 bits per heavy atom. The van der Waals surface area contributed by atoms with E-state index in [1.807, 2.05) is 13.8 Å². The Morgan fingerprint density at radius 3 is 2.74 bits per heavy atom. The molecule has 2 rings (SSSR count). The number of aromatic carboxylic acids is 1. The fourth-order valence-corrected chi connectivity index (χ4v) is 2.33. The number of carboxylic acids is 1. The molecule has 0 aliphatic carbocycles. The molecule has 2 atom stereocenters. The summed E-state index contributed by atoms with van der Waals surface area (Å²) in [5, 5.41) is 15.0. The van der Waals surface area contributed by atoms with Gasteiger partial charge in [-0.05, 0) is 44.5 Å². The number of nitrogens with one attached hydrogen (secondary N) is 2. The highest BCUT2D eigenvalue weighted by Gasteiger charge is 2.29. The minimum absolute atomic E-state index is 0.0526. The van der Waals surface area contributed by atoms with Crippen molar-refractivity contribution in [3.63, 3.8) is 0 Å². The second-order valence-electron chi connectivity index (χ2n) is 4.96. The Balaban J connectivity index is 2.16. The topological polar surface area (TPSA) is 78.4 Å². The summed E-state index contributed by atoms with van der Waals surface area (Å²) in [4.78, 5) is 23.1. The highest BCUT2D eigenvalue weighted by Crippen LogP contribution is 2.21. The summed E-state index contributed by atoms with van der Waals surface area (Å²) < 4.78 is 0. The lowest BCUT2D eigenvalue weighted by atomic mass is 10.0. The van der Waals surface area contributed by atoms with Gasteiger partial charge in [-0.2, -0.15) is 0 Å². The van der Waals surface area contributed by atoms with Crippen LogP contribution < -0.4 is 10.6 Å². The van der Waals surface area contributed by atoms with Crippen LogP contribution in [-0.2, 0) is 4.79 Å². The van der Waals surface area contributed by atoms with Gasteiger partial charge in [-0.25, -0.2) is 4.79 Å². The number of carbonyl (C=O) groups excluding carboxylic acids is 1. The molecular weight excluding hydrogens is 244 g/mol. The van der Waals surface area contributed by atoms with Gasteiger partial charge in [-0.1, -0.05) is 6.07 Å². The maximum atomic E-state index is 12.2. The third-order valence-electron chi connectivity index (χ3n) is 3.60. The number of carbonyl (C=O) groups is 2. The average molecular weight is 262 g/mol. The molecule has 1 aromatic carbocycles. The van der Waals surface area contributed by atoms with Crippen LogP contribution in [0, 0.1) is 12.8 Å². The molecule has 102 valence electrons. The Hall–Kier alpha value is -1.88. The zero-order chi connectivity index (χ0) is 14.0. The molecule has 1 aromatic rings. The smallest absolute Gasteiger partial charge is 0.335 e. The van der Waals surface area contributed by atoms with E-state index in [9.17, 15) is 9.59 Å². The number of hydrogen-bond acceptors (Lipinski definition) is 3. The first kappa shape index (κ1) is 13.5. The number of benzene rings is 1. The molecule has 0 spiro atoms. The standard InChI is InChI=1S/C14H18N2O3/c1-8-3-4-10(14(18)19)7-12(8)16-13(17)11-5-6-15-9(11)2/h3-4,7,9,11,15H,5-6H2,1-2H3,(H,16,17)(H,18,19). The molecule has 3 N–H and O–H groups in total. The van der Waals surface area contributed by atoms with Gasteiger partial charge in [-0.15, -0.1) is 0 Å². The number of carboxylic acid groups (broad SMARTS) is 1. The van der Waals surface area contributed by atoms with Gasteiger partial charge in [0.2, 0.25) is 5.91 Å². The minimum atomic E-state index is -0.994. The summed E-state index contributed by atoms with van der Waals surface area (Å²) in [6.45, 7) is 4.67. The van der Waals surface area contributed by atoms with Gasteiger partial charge in [0.25, 0.3) is 0 Å². The van der Waals surface area contributed by atoms with Crippen LogP contribution in [0.15, 0.2) is 18.2 Å². The van der Waals surface area contributed by atoms with Gasteiger partial charge in [0.15, 0.2) is 0 Å². The summed E-state index contributed by atoms with van der Waals surface area (Å²) >= 11 is 0. The number of rotatable bonds is 3. The molecule has 2 unspecified atom stereocenters. The van der Waals surface area contributed by atoms with Crippen molar-refractivity contribution < 1.29 is 14.7 Å². The summed E-state index contributed by atoms with van der Waals surface area (Å²) in [7, 11) is 0. The van der Waals surface area contributed by atoms with Crippen LogP contribution in [0.5, 0.6) is 0 Å². The molecule has 0 saturated carbocycles. The highest BCUT2D eigenvalue weighted by molar-refractivity contribution is 5.96. The maximum absolute atomic E-state index is 12.2. The lowest BCUT2D eigenvalue weighted by molar-refractivity contribution is -0.120. The third kappa shape index (κ3) is 2.93. The SMILES string of the molecule is Cc1ccc(C(=O)O)cc1NC(=O)C1CCNC1C. The van der Waals surface area contributed by atoms with E-state index >= 15 is 0 Å². The van der Waals surface area contributed by atoms with Crippen molar-refractivity contribution in [2.75, 3.05) is 11.9 Å². The number of hydrogen-bond donors (Lipinski definition) is 3. The van der Waals surface area contributed by atoms with Crippen LogP contribution in [0.25, 0.3) is 0 Å². The molecule has 19 heavy (non-hydrogen) atoms. The number of anilines is 1. The Bertz CT molecular complexity index is 513. The first-order valence-electron chi connectivity index (χ1n) is 6.37. The molecule has 1 aliphatic heterocycles. The molecular formula is C14H18N2O3. The quantitative estimate of drug-likeness (QED) is 0.773. The van der Waals surface area contributed by atoms with Gasteiger partial charge in [0.1, 0.15) is 0 Å². The van der Waals surface area contributed by atoms with Gasteiger partial charge < -0.3 is 15.7 Å². The highest BCUT2D eigenvalue weighted by atomic mass is 16.4. The number of aryl methyl sites for hydroxylation is 1. The van der Waals surface area contributed by atoms with E-state index in [1.54, 1.807) is 6.07 Å². The van der Waals surface area contributed by atoms with E-state index in [0.29, 0.717) is 5.69 Å². The molecule has 1 amide bonds. The Kier molecular flexibility index (Phi) is 3.85. The predicted octanol–water partition coefficient (Wildman–Crippen LogP) is 1.63. The normalized spacial score (nSPS) is 22.2. The van der Waals surface area contributed by atoms with Crippen molar-refractivity contribution in [3.8, 4) is 0 Å². The van der Waals surface area contributed by atoms with Crippen molar-refractivity contribution in [1.29, 1.82) is 0 Å². The third-order valence-corrected chi connectivity index (χ3v) is 3.60. The lowest BCUT2D eigenvalue weighted by Crippen LogP contribution is -2.32. The largest absolute Gasteiger partial charge is 0.478 e. The van der Waals surface area contributed by atoms with Crippen molar-refractivity contribution in [2.45, 2.75) is 26.3 Å². The molecule has 1 saturated heterocycles. The van der Waals surface area contributed by atoms with Crippen LogP contribution in [0.1, 0.15) is 29.3 Å². The monoisotopic (exact) mass is 262 g/mol. The van der Waals surface area contributed by atoms with Crippen LogP contribution in [0.3, 0.4) is 0 Å². The Morgan fingerprint density at radius 1 is 1.42 bits per heavy atom. The van der Waals surface area contributed by atoms with E-state index in [1.165, 1.54) is 12.1 Å². The van der Waals surface area contributed by atoms with Crippen molar-refractivity contribution in [2.24, 2.45) is 5.92 Å². The van der Waals surface area contributed by atoms with E-state index in [-0.39, 0.29) is 23.4 Å². The summed E-state index contributed by atoms with van der Waals surface area (Å²) in [5.41, 5.74) is 1.61. The van der Waals surface area contributed by atoms with Gasteiger partial charge in [0.05, 0.1) is 11.5 Å². The molecule has 0 radical (unpaired) electrons. The molecule has 0 aromatic heterocycles. The Labute approximate surface area is 112 Å². The van der Waals surface area contributed by atoms with Gasteiger partial charge in [-0.3, -0.25) is 4.79 Å². The van der Waals surface area contributed by atoms with E-state index in [0.717, 1.165) is 18.5 Å². The lowest BCUT2D eigenvalue weighted by Gasteiger charge is -2.16. The summed E-state index contributed by atoms with van der Waals surface area (Å²) in [6, 6.07) is 4.90. The van der Waals surface area contributed by atoms with Crippen LogP contribution >= 0.6 is 0 Å². The fourth-order valence-electron chi connectivity index (χ4n) is 2.33. The minimum Gasteiger partial charge on any atom is -0.478 e. The zero-order valence-corrected chi connectivity index (χ0v) is 11.1. The second kappa shape index (κ2) is 5.40. The molecule has 5 nitrogen and oxygen atoms in total. The molecule has 0 bridgehead atoms. The summed E-state index contributed by atoms with van der Waals surface area (Å²) in [6.07, 6.45) is 0.810. The van der Waals surface area contributed by atoms with Crippen LogP contribution in [-0.4, -0.2) is 29.6 Å². The molecule has 1 aliphatic rings. The van der Waals surface area contributed by atoms with E-state index in [4.69, 9.17) is 5.11 Å².